The van der Waals surface area contributed by atoms with Gasteiger partial charge in [-0.1, -0.05) is 25.8 Å². The highest BCUT2D eigenvalue weighted by molar-refractivity contribution is 4.91. The van der Waals surface area contributed by atoms with E-state index in [9.17, 15) is 0 Å². The van der Waals surface area contributed by atoms with Crippen molar-refractivity contribution in [3.8, 4) is 6.07 Å². The van der Waals surface area contributed by atoms with Gasteiger partial charge in [-0.2, -0.15) is 5.26 Å². The second-order valence-electron chi connectivity index (χ2n) is 1.96. The average molecular weight is 122 g/mol. The van der Waals surface area contributed by atoms with Crippen LogP contribution in [-0.2, 0) is 0 Å². The van der Waals surface area contributed by atoms with Gasteiger partial charge in [-0.3, -0.25) is 0 Å². The highest BCUT2D eigenvalue weighted by Crippen LogP contribution is 1.98. The lowest BCUT2D eigenvalue weighted by atomic mass is 10.2. The Morgan fingerprint density at radius 2 is 2.22 bits per heavy atom. The maximum Gasteiger partial charge on any atom is 0.100 e. The summed E-state index contributed by atoms with van der Waals surface area (Å²) in [6.45, 7) is 2.16. The third-order valence-electron chi connectivity index (χ3n) is 1.12. The molecule has 0 aliphatic heterocycles. The Hall–Kier alpha value is -0.770. The topological polar surface area (TPSA) is 23.8 Å². The van der Waals surface area contributed by atoms with Crippen LogP contribution >= 0.6 is 0 Å². The van der Waals surface area contributed by atoms with E-state index in [0.29, 0.717) is 0 Å². The summed E-state index contributed by atoms with van der Waals surface area (Å²) in [7, 11) is 0. The molecule has 0 N–H and O–H groups in total. The van der Waals surface area contributed by atoms with Crippen molar-refractivity contribution in [2.75, 3.05) is 0 Å². The van der Waals surface area contributed by atoms with E-state index in [-0.39, 0.29) is 0 Å². The lowest BCUT2D eigenvalue weighted by Gasteiger charge is -1.88. The van der Waals surface area contributed by atoms with Crippen molar-refractivity contribution in [3.63, 3.8) is 0 Å². The second kappa shape index (κ2) is 7.23. The fourth-order valence-corrected chi connectivity index (χ4v) is 0.614. The van der Waals surface area contributed by atoms with Gasteiger partial charge < -0.3 is 0 Å². The van der Waals surface area contributed by atoms with E-state index in [1.807, 2.05) is 6.07 Å². The molecule has 1 nitrogen and oxygen atoms in total. The lowest BCUT2D eigenvalue weighted by molar-refractivity contribution is 0.729. The van der Waals surface area contributed by atoms with E-state index in [0.717, 1.165) is 6.42 Å². The minimum atomic E-state index is 1.00. The van der Waals surface area contributed by atoms with Crippen molar-refractivity contribution in [2.45, 2.75) is 32.6 Å². The van der Waals surface area contributed by atoms with Gasteiger partial charge in [0.25, 0.3) is 0 Å². The van der Waals surface area contributed by atoms with Crippen LogP contribution in [0.2, 0.25) is 0 Å². The van der Waals surface area contributed by atoms with E-state index in [2.05, 4.69) is 13.0 Å². The van der Waals surface area contributed by atoms with Crippen LogP contribution in [0.4, 0.5) is 0 Å². The molecule has 0 aromatic heterocycles. The normalized spacial score (nSPS) is 9.78. The summed E-state index contributed by atoms with van der Waals surface area (Å²) in [5, 5.41) is 8.03. The molecule has 0 aliphatic rings. The van der Waals surface area contributed by atoms with Crippen LogP contribution in [0.5, 0.6) is 0 Å². The summed E-state index contributed by atoms with van der Waals surface area (Å²) in [6.07, 6.45) is 8.97. The van der Waals surface area contributed by atoms with Crippen molar-refractivity contribution in [1.82, 2.24) is 0 Å². The zero-order chi connectivity index (χ0) is 6.95. The van der Waals surface area contributed by atoms with Crippen molar-refractivity contribution in [2.24, 2.45) is 0 Å². The molecule has 0 rings (SSSR count). The van der Waals surface area contributed by atoms with Crippen LogP contribution in [0.15, 0.2) is 6.08 Å². The molecule has 0 fully saturated rings. The first-order valence-electron chi connectivity index (χ1n) is 3.38. The van der Waals surface area contributed by atoms with Crippen molar-refractivity contribution >= 4 is 0 Å². The maximum atomic E-state index is 8.03. The number of nitrogens with zero attached hydrogens (tertiary/aromatic N) is 1. The van der Waals surface area contributed by atoms with E-state index < -0.39 is 0 Å². The van der Waals surface area contributed by atoms with E-state index >= 15 is 0 Å². The molecule has 49 valence electrons. The monoisotopic (exact) mass is 122 g/mol. The fourth-order valence-electron chi connectivity index (χ4n) is 0.614. The summed E-state index contributed by atoms with van der Waals surface area (Å²) in [5.74, 6) is 0. The zero-order valence-corrected chi connectivity index (χ0v) is 5.85. The van der Waals surface area contributed by atoms with Crippen molar-refractivity contribution in [1.29, 1.82) is 5.26 Å². The van der Waals surface area contributed by atoms with Gasteiger partial charge in [-0.05, 0) is 12.8 Å². The van der Waals surface area contributed by atoms with Crippen LogP contribution < -0.4 is 0 Å². The Morgan fingerprint density at radius 1 is 1.44 bits per heavy atom. The Morgan fingerprint density at radius 3 is 2.78 bits per heavy atom. The highest BCUT2D eigenvalue weighted by atomic mass is 14.2. The van der Waals surface area contributed by atoms with Gasteiger partial charge in [0.05, 0.1) is 6.08 Å². The van der Waals surface area contributed by atoms with E-state index in [1.54, 1.807) is 6.08 Å². The third-order valence-corrected chi connectivity index (χ3v) is 1.12. The van der Waals surface area contributed by atoms with Gasteiger partial charge in [0.2, 0.25) is 0 Å². The quantitative estimate of drug-likeness (QED) is 0.415. The molecule has 0 amide bonds. The van der Waals surface area contributed by atoms with Crippen LogP contribution in [0.1, 0.15) is 32.6 Å². The first-order chi connectivity index (χ1) is 4.41. The van der Waals surface area contributed by atoms with Crippen molar-refractivity contribution < 1.29 is 0 Å². The summed E-state index contributed by atoms with van der Waals surface area (Å²) in [5.41, 5.74) is 0. The molecule has 0 aromatic rings. The molecule has 0 heterocycles. The maximum absolute atomic E-state index is 8.03. The summed E-state index contributed by atoms with van der Waals surface area (Å²) >= 11 is 0. The molecule has 0 atom stereocenters. The molecule has 1 radical (unpaired) electrons. The molecule has 1 heteroatoms. The van der Waals surface area contributed by atoms with E-state index in [4.69, 9.17) is 5.26 Å². The molecular formula is C8H12N. The SMILES string of the molecule is CCCCCC=[C]C#N. The molecule has 0 aliphatic carbocycles. The van der Waals surface area contributed by atoms with Gasteiger partial charge in [-0.25, -0.2) is 0 Å². The number of hydrogen-bond acceptors (Lipinski definition) is 1. The largest absolute Gasteiger partial charge is 0.192 e. The Bertz CT molecular complexity index is 108. The average Bonchev–Trinajstić information content (AvgIpc) is 1.89. The number of rotatable bonds is 4. The minimum absolute atomic E-state index is 1.00. The van der Waals surface area contributed by atoms with Crippen LogP contribution in [0.3, 0.4) is 0 Å². The summed E-state index contributed by atoms with van der Waals surface area (Å²) < 4.78 is 0. The van der Waals surface area contributed by atoms with Crippen LogP contribution in [0.25, 0.3) is 0 Å². The van der Waals surface area contributed by atoms with Gasteiger partial charge in [0.1, 0.15) is 6.07 Å². The predicted octanol–water partition coefficient (Wildman–Crippen LogP) is 2.45. The summed E-state index contributed by atoms with van der Waals surface area (Å²) in [4.78, 5) is 0. The smallest absolute Gasteiger partial charge is 0.100 e. The third kappa shape index (κ3) is 7.23. The number of hydrogen-bond donors (Lipinski definition) is 0. The second-order valence-corrected chi connectivity index (χ2v) is 1.96. The zero-order valence-electron chi connectivity index (χ0n) is 5.85. The lowest BCUT2D eigenvalue weighted by Crippen LogP contribution is -1.69. The molecule has 0 spiro atoms. The molecule has 9 heavy (non-hydrogen) atoms. The van der Waals surface area contributed by atoms with Gasteiger partial charge in [-0.15, -0.1) is 0 Å². The Kier molecular flexibility index (Phi) is 6.61. The summed E-state index contributed by atoms with van der Waals surface area (Å²) in [6, 6.07) is 1.84. The highest BCUT2D eigenvalue weighted by Gasteiger charge is 1.79. The van der Waals surface area contributed by atoms with Crippen molar-refractivity contribution in [3.05, 3.63) is 12.2 Å². The van der Waals surface area contributed by atoms with E-state index in [1.165, 1.54) is 19.3 Å². The molecule has 0 saturated heterocycles. The fraction of sp³-hybridized carbons (Fsp3) is 0.625. The number of allylic oxidation sites excluding steroid dienone is 2. The first kappa shape index (κ1) is 8.23. The molecule has 0 bridgehead atoms. The van der Waals surface area contributed by atoms with Crippen LogP contribution in [-0.4, -0.2) is 0 Å². The number of nitriles is 1. The predicted molar refractivity (Wildman–Crippen MR) is 37.6 cm³/mol. The molecule has 0 unspecified atom stereocenters. The standard InChI is InChI=1S/C8H12N/c1-2-3-4-5-6-7-8-9/h6H,2-5H2,1H3. The van der Waals surface area contributed by atoms with Gasteiger partial charge in [0, 0.05) is 0 Å². The molecular weight excluding hydrogens is 110 g/mol. The first-order valence-corrected chi connectivity index (χ1v) is 3.38. The van der Waals surface area contributed by atoms with Gasteiger partial charge in [0.15, 0.2) is 0 Å². The molecule has 0 aromatic carbocycles. The Labute approximate surface area is 57.0 Å². The Balaban J connectivity index is 2.93. The van der Waals surface area contributed by atoms with Crippen LogP contribution in [0, 0.1) is 17.4 Å². The molecule has 0 saturated carbocycles. The van der Waals surface area contributed by atoms with Gasteiger partial charge >= 0.3 is 0 Å². The minimum Gasteiger partial charge on any atom is -0.192 e. The number of unbranched alkanes of at least 4 members (excludes halogenated alkanes) is 3.